The van der Waals surface area contributed by atoms with Crippen molar-refractivity contribution in [1.82, 2.24) is 5.32 Å². The first kappa shape index (κ1) is 17.6. The predicted octanol–water partition coefficient (Wildman–Crippen LogP) is 3.03. The van der Waals surface area contributed by atoms with Gasteiger partial charge in [0.05, 0.1) is 0 Å². The van der Waals surface area contributed by atoms with E-state index < -0.39 is 11.9 Å². The smallest absolute Gasteiger partial charge is 0.240 e. The van der Waals surface area contributed by atoms with Gasteiger partial charge in [0.2, 0.25) is 11.8 Å². The van der Waals surface area contributed by atoms with E-state index in [2.05, 4.69) is 5.32 Å². The molecule has 26 heavy (non-hydrogen) atoms. The van der Waals surface area contributed by atoms with Crippen LogP contribution in [0.1, 0.15) is 55.2 Å². The highest BCUT2D eigenvalue weighted by molar-refractivity contribution is 5.90. The summed E-state index contributed by atoms with van der Waals surface area (Å²) in [4.78, 5) is 25.3. The van der Waals surface area contributed by atoms with Crippen molar-refractivity contribution in [3.63, 3.8) is 0 Å². The Balaban J connectivity index is 1.52. The van der Waals surface area contributed by atoms with E-state index in [0.717, 1.165) is 36.0 Å². The number of primary amides is 1. The van der Waals surface area contributed by atoms with Crippen LogP contribution in [0.3, 0.4) is 0 Å². The van der Waals surface area contributed by atoms with Gasteiger partial charge < -0.3 is 11.1 Å². The monoisotopic (exact) mass is 354 g/mol. The number of aryl methyl sites for hydroxylation is 2. The molecule has 3 N–H and O–H groups in total. The molecule has 4 fully saturated rings. The summed E-state index contributed by atoms with van der Waals surface area (Å²) in [5.41, 5.74) is 8.82. The number of hydrogen-bond acceptors (Lipinski definition) is 2. The van der Waals surface area contributed by atoms with Gasteiger partial charge >= 0.3 is 0 Å². The van der Waals surface area contributed by atoms with Crippen molar-refractivity contribution in [3.05, 3.63) is 34.9 Å². The van der Waals surface area contributed by atoms with E-state index in [9.17, 15) is 9.59 Å². The van der Waals surface area contributed by atoms with Crippen LogP contribution in [-0.4, -0.2) is 17.9 Å². The number of carbonyl (C=O) groups excluding carboxylic acids is 2. The fraction of sp³-hybridized carbons (Fsp3) is 0.636. The standard InChI is InChI=1S/C22H30N2O2/c1-13-4-3-5-14(2)18(13)9-19(20(23)25)24-21(26)22-10-15-6-16(11-22)8-17(7-15)12-22/h3-5,15-17,19H,6-12H2,1-2H3,(H2,23,25)(H,24,26)/t15?,16?,17?,19-,22?/m0/s1. The highest BCUT2D eigenvalue weighted by Crippen LogP contribution is 2.60. The maximum absolute atomic E-state index is 13.3. The lowest BCUT2D eigenvalue weighted by atomic mass is 9.49. The molecule has 0 spiro atoms. The highest BCUT2D eigenvalue weighted by atomic mass is 16.2. The van der Waals surface area contributed by atoms with Crippen LogP contribution in [0, 0.1) is 37.0 Å². The normalized spacial score (nSPS) is 33.1. The zero-order valence-electron chi connectivity index (χ0n) is 15.9. The molecule has 0 unspecified atom stereocenters. The Bertz CT molecular complexity index is 684. The quantitative estimate of drug-likeness (QED) is 0.853. The lowest BCUT2D eigenvalue weighted by Crippen LogP contribution is -2.57. The molecule has 4 heteroatoms. The van der Waals surface area contributed by atoms with Crippen molar-refractivity contribution in [3.8, 4) is 0 Å². The Hall–Kier alpha value is -1.84. The van der Waals surface area contributed by atoms with Gasteiger partial charge in [0.1, 0.15) is 6.04 Å². The van der Waals surface area contributed by atoms with Crippen LogP contribution in [-0.2, 0) is 16.0 Å². The molecular formula is C22H30N2O2. The second kappa shape index (κ2) is 6.40. The second-order valence-corrected chi connectivity index (χ2v) is 9.20. The van der Waals surface area contributed by atoms with Crippen LogP contribution in [0.15, 0.2) is 18.2 Å². The molecule has 4 saturated carbocycles. The molecule has 0 saturated heterocycles. The number of nitrogens with one attached hydrogen (secondary N) is 1. The van der Waals surface area contributed by atoms with E-state index in [1.165, 1.54) is 19.3 Å². The summed E-state index contributed by atoms with van der Waals surface area (Å²) in [5, 5.41) is 3.06. The van der Waals surface area contributed by atoms with Gasteiger partial charge in [-0.1, -0.05) is 18.2 Å². The molecule has 4 bridgehead atoms. The Kier molecular flexibility index (Phi) is 4.32. The van der Waals surface area contributed by atoms with Crippen LogP contribution in [0.2, 0.25) is 0 Å². The Morgan fingerprint density at radius 1 is 1.08 bits per heavy atom. The zero-order valence-corrected chi connectivity index (χ0v) is 15.9. The van der Waals surface area contributed by atoms with E-state index in [4.69, 9.17) is 5.73 Å². The molecule has 0 radical (unpaired) electrons. The van der Waals surface area contributed by atoms with Gasteiger partial charge in [-0.15, -0.1) is 0 Å². The summed E-state index contributed by atoms with van der Waals surface area (Å²) in [7, 11) is 0. The van der Waals surface area contributed by atoms with Crippen molar-refractivity contribution < 1.29 is 9.59 Å². The average Bonchev–Trinajstić information content (AvgIpc) is 2.55. The number of hydrogen-bond donors (Lipinski definition) is 2. The van der Waals surface area contributed by atoms with Gasteiger partial charge in [-0.25, -0.2) is 0 Å². The zero-order chi connectivity index (χ0) is 18.5. The van der Waals surface area contributed by atoms with E-state index >= 15 is 0 Å². The Labute approximate surface area is 155 Å². The first-order valence-electron chi connectivity index (χ1n) is 10.0. The van der Waals surface area contributed by atoms with E-state index in [-0.39, 0.29) is 11.3 Å². The molecule has 5 rings (SSSR count). The molecule has 4 aliphatic rings. The second-order valence-electron chi connectivity index (χ2n) is 9.20. The van der Waals surface area contributed by atoms with E-state index in [1.54, 1.807) is 0 Å². The minimum Gasteiger partial charge on any atom is -0.368 e. The number of amides is 2. The molecular weight excluding hydrogens is 324 g/mol. The van der Waals surface area contributed by atoms with Crippen LogP contribution < -0.4 is 11.1 Å². The third-order valence-corrected chi connectivity index (χ3v) is 7.22. The summed E-state index contributed by atoms with van der Waals surface area (Å²) in [6, 6.07) is 5.47. The van der Waals surface area contributed by atoms with Crippen LogP contribution in [0.5, 0.6) is 0 Å². The van der Waals surface area contributed by atoms with E-state index in [0.29, 0.717) is 24.2 Å². The van der Waals surface area contributed by atoms with Crippen molar-refractivity contribution in [2.75, 3.05) is 0 Å². The fourth-order valence-electron chi connectivity index (χ4n) is 6.30. The molecule has 1 atom stereocenters. The summed E-state index contributed by atoms with van der Waals surface area (Å²) in [6.07, 6.45) is 7.38. The first-order chi connectivity index (χ1) is 12.4. The van der Waals surface area contributed by atoms with Gasteiger partial charge in [0.15, 0.2) is 0 Å². The van der Waals surface area contributed by atoms with Crippen LogP contribution in [0.4, 0.5) is 0 Å². The SMILES string of the molecule is Cc1cccc(C)c1C[C@H](NC(=O)C12CC3CC(CC(C3)C1)C2)C(N)=O. The number of benzene rings is 1. The molecule has 1 aromatic carbocycles. The summed E-state index contributed by atoms with van der Waals surface area (Å²) < 4.78 is 0. The summed E-state index contributed by atoms with van der Waals surface area (Å²) in [6.45, 7) is 4.09. The first-order valence-corrected chi connectivity index (χ1v) is 10.0. The highest BCUT2D eigenvalue weighted by Gasteiger charge is 2.54. The minimum atomic E-state index is -0.629. The molecule has 0 heterocycles. The van der Waals surface area contributed by atoms with Gasteiger partial charge in [0.25, 0.3) is 0 Å². The van der Waals surface area contributed by atoms with Crippen LogP contribution in [0.25, 0.3) is 0 Å². The maximum atomic E-state index is 13.3. The average molecular weight is 354 g/mol. The molecule has 2 amide bonds. The third-order valence-electron chi connectivity index (χ3n) is 7.22. The topological polar surface area (TPSA) is 72.2 Å². The Morgan fingerprint density at radius 2 is 1.58 bits per heavy atom. The van der Waals surface area contributed by atoms with Gasteiger partial charge in [0, 0.05) is 11.8 Å². The summed E-state index contributed by atoms with van der Waals surface area (Å²) >= 11 is 0. The van der Waals surface area contributed by atoms with Gasteiger partial charge in [-0.2, -0.15) is 0 Å². The van der Waals surface area contributed by atoms with Crippen molar-refractivity contribution in [2.45, 2.75) is 64.8 Å². The molecule has 140 valence electrons. The predicted molar refractivity (Wildman–Crippen MR) is 101 cm³/mol. The number of rotatable bonds is 5. The van der Waals surface area contributed by atoms with E-state index in [1.807, 2.05) is 32.0 Å². The summed E-state index contributed by atoms with van der Waals surface area (Å²) in [5.74, 6) is 1.75. The van der Waals surface area contributed by atoms with Gasteiger partial charge in [-0.05, 0) is 86.8 Å². The van der Waals surface area contributed by atoms with Gasteiger partial charge in [-0.3, -0.25) is 9.59 Å². The van der Waals surface area contributed by atoms with Crippen LogP contribution >= 0.6 is 0 Å². The third kappa shape index (κ3) is 3.04. The lowest BCUT2D eigenvalue weighted by Gasteiger charge is -2.55. The molecule has 1 aromatic rings. The lowest BCUT2D eigenvalue weighted by molar-refractivity contribution is -0.148. The molecule has 0 aliphatic heterocycles. The van der Waals surface area contributed by atoms with Crippen molar-refractivity contribution in [2.24, 2.45) is 28.9 Å². The molecule has 0 aromatic heterocycles. The maximum Gasteiger partial charge on any atom is 0.240 e. The minimum absolute atomic E-state index is 0.0756. The Morgan fingerprint density at radius 3 is 2.04 bits per heavy atom. The largest absolute Gasteiger partial charge is 0.368 e. The fourth-order valence-corrected chi connectivity index (χ4v) is 6.30. The number of carbonyl (C=O) groups is 2. The van der Waals surface area contributed by atoms with Crippen molar-refractivity contribution >= 4 is 11.8 Å². The molecule has 4 nitrogen and oxygen atoms in total. The number of nitrogens with two attached hydrogens (primary N) is 1. The molecule has 4 aliphatic carbocycles. The van der Waals surface area contributed by atoms with Crippen molar-refractivity contribution in [1.29, 1.82) is 0 Å².